The van der Waals surface area contributed by atoms with Crippen molar-refractivity contribution in [3.8, 4) is 44.5 Å². The molecular formula is C71H50N2. The highest BCUT2D eigenvalue weighted by molar-refractivity contribution is 6.09. The third-order valence-electron chi connectivity index (χ3n) is 16.7. The zero-order valence-corrected chi connectivity index (χ0v) is 40.8. The fourth-order valence-electron chi connectivity index (χ4n) is 13.4. The number of hydrogen-bond donors (Lipinski definition) is 1. The monoisotopic (exact) mass is 930 g/mol. The van der Waals surface area contributed by atoms with E-state index in [-0.39, 0.29) is 5.41 Å². The summed E-state index contributed by atoms with van der Waals surface area (Å²) in [6.45, 7) is 4.75. The number of hydrogen-bond acceptors (Lipinski definition) is 1. The number of nitrogens with one attached hydrogen (secondary N) is 1. The molecule has 0 fully saturated rings. The lowest BCUT2D eigenvalue weighted by Gasteiger charge is -2.31. The van der Waals surface area contributed by atoms with Crippen LogP contribution in [0.25, 0.3) is 77.5 Å². The van der Waals surface area contributed by atoms with Gasteiger partial charge < -0.3 is 9.88 Å². The third kappa shape index (κ3) is 6.05. The van der Waals surface area contributed by atoms with Crippen molar-refractivity contribution < 1.29 is 0 Å². The fourth-order valence-corrected chi connectivity index (χ4v) is 13.4. The molecule has 0 saturated heterocycles. The summed E-state index contributed by atoms with van der Waals surface area (Å²) >= 11 is 0. The van der Waals surface area contributed by atoms with E-state index in [4.69, 9.17) is 0 Å². The first-order valence-corrected chi connectivity index (χ1v) is 25.7. The van der Waals surface area contributed by atoms with Crippen LogP contribution in [-0.4, -0.2) is 4.98 Å². The maximum atomic E-state index is 3.69. The van der Waals surface area contributed by atoms with Crippen LogP contribution in [-0.2, 0) is 10.8 Å². The van der Waals surface area contributed by atoms with Crippen molar-refractivity contribution >= 4 is 50.0 Å². The molecule has 0 atom stereocenters. The maximum Gasteiger partial charge on any atom is 0.0725 e. The van der Waals surface area contributed by atoms with Gasteiger partial charge in [0, 0.05) is 44.3 Å². The number of para-hydroxylation sites is 1. The predicted molar refractivity (Wildman–Crippen MR) is 306 cm³/mol. The molecule has 2 heteroatoms. The van der Waals surface area contributed by atoms with E-state index in [2.05, 4.69) is 272 Å². The predicted octanol–water partition coefficient (Wildman–Crippen LogP) is 18.6. The van der Waals surface area contributed by atoms with Crippen LogP contribution in [0.2, 0.25) is 0 Å². The van der Waals surface area contributed by atoms with Gasteiger partial charge in [0.2, 0.25) is 0 Å². The first-order valence-electron chi connectivity index (χ1n) is 25.7. The summed E-state index contributed by atoms with van der Waals surface area (Å²) in [5.74, 6) is 0. The molecule has 0 amide bonds. The Kier molecular flexibility index (Phi) is 9.02. The number of nitrogens with zero attached hydrogens (tertiary/aromatic N) is 1. The van der Waals surface area contributed by atoms with Crippen LogP contribution in [0.1, 0.15) is 59.2 Å². The molecule has 10 aromatic carbocycles. The molecule has 4 aliphatic carbocycles. The van der Waals surface area contributed by atoms with E-state index in [1.165, 1.54) is 111 Å². The van der Waals surface area contributed by atoms with Crippen LogP contribution in [0.5, 0.6) is 0 Å². The van der Waals surface area contributed by atoms with Crippen LogP contribution >= 0.6 is 0 Å². The van der Waals surface area contributed by atoms with E-state index in [9.17, 15) is 0 Å². The van der Waals surface area contributed by atoms with Crippen molar-refractivity contribution in [2.45, 2.75) is 31.1 Å². The van der Waals surface area contributed by atoms with Crippen LogP contribution in [0.15, 0.2) is 254 Å². The minimum absolute atomic E-state index is 0.154. The first-order chi connectivity index (χ1) is 35.9. The zero-order chi connectivity index (χ0) is 48.4. The van der Waals surface area contributed by atoms with Crippen molar-refractivity contribution in [3.63, 3.8) is 0 Å². The molecule has 1 N–H and O–H groups in total. The Hall–Kier alpha value is -8.98. The van der Waals surface area contributed by atoms with Crippen LogP contribution in [0.3, 0.4) is 0 Å². The molecule has 15 rings (SSSR count). The van der Waals surface area contributed by atoms with Gasteiger partial charge >= 0.3 is 0 Å². The Morgan fingerprint density at radius 2 is 0.918 bits per heavy atom. The average molecular weight is 931 g/mol. The molecule has 0 radical (unpaired) electrons. The quantitative estimate of drug-likeness (QED) is 0.176. The molecule has 1 aromatic heterocycles. The van der Waals surface area contributed by atoms with Gasteiger partial charge in [0.25, 0.3) is 0 Å². The third-order valence-corrected chi connectivity index (χ3v) is 16.7. The largest absolute Gasteiger partial charge is 0.355 e. The second kappa shape index (κ2) is 15.8. The van der Waals surface area contributed by atoms with E-state index < -0.39 is 5.41 Å². The SMILES string of the molecule is CC1(C)c2ccccc2-c2ccc(N(c3ccc(-c4ccccc4)cc3)c3ccc(-c4ccc5[nH]c6ccccc6c5c4)c(C4=CC5=C(C=CC4)C4(c6ccccc65)c5ccccc5-c5ccccc54)c3)cc21. The lowest BCUT2D eigenvalue weighted by Crippen LogP contribution is -2.26. The Balaban J connectivity index is 0.968. The molecule has 344 valence electrons. The Bertz CT molecular complexity index is 4150. The standard InChI is InChI=1S/C71H50N2/c1-70(2)62-25-11-6-20-53(62)57-39-37-51(44-67(57)70)73(49-34-31-46(32-35-49)45-17-4-3-5-18-45)50-36-38-52(48-33-40-69-61(42-48)58-24-10-15-30-68(58)72-69)59(43-50)47-19-16-29-66-60(41-47)56-23-9-14-28-65(56)71(66)63-26-12-7-21-54(63)55-22-8-13-27-64(55)71/h3-18,20-44,72H,19H2,1-2H3. The van der Waals surface area contributed by atoms with Gasteiger partial charge in [-0.2, -0.15) is 0 Å². The van der Waals surface area contributed by atoms with Gasteiger partial charge in [-0.05, 0) is 167 Å². The molecule has 4 aliphatic rings. The van der Waals surface area contributed by atoms with Gasteiger partial charge in [-0.25, -0.2) is 0 Å². The number of allylic oxidation sites excluding steroid dienone is 6. The normalized spacial score (nSPS) is 15.1. The number of aromatic amines is 1. The van der Waals surface area contributed by atoms with Crippen molar-refractivity contribution in [1.29, 1.82) is 0 Å². The fraction of sp³-hybridized carbons (Fsp3) is 0.0704. The van der Waals surface area contributed by atoms with Gasteiger partial charge in [-0.15, -0.1) is 0 Å². The van der Waals surface area contributed by atoms with Gasteiger partial charge in [0.15, 0.2) is 0 Å². The molecular weight excluding hydrogens is 881 g/mol. The highest BCUT2D eigenvalue weighted by Crippen LogP contribution is 2.63. The highest BCUT2D eigenvalue weighted by atomic mass is 15.1. The maximum absolute atomic E-state index is 3.69. The second-order valence-corrected chi connectivity index (χ2v) is 20.8. The highest BCUT2D eigenvalue weighted by Gasteiger charge is 2.52. The molecule has 0 aliphatic heterocycles. The summed E-state index contributed by atoms with van der Waals surface area (Å²) in [7, 11) is 0. The molecule has 73 heavy (non-hydrogen) atoms. The second-order valence-electron chi connectivity index (χ2n) is 20.8. The summed E-state index contributed by atoms with van der Waals surface area (Å²) in [5.41, 5.74) is 28.4. The smallest absolute Gasteiger partial charge is 0.0725 e. The Morgan fingerprint density at radius 3 is 1.66 bits per heavy atom. The van der Waals surface area contributed by atoms with E-state index in [1.807, 2.05) is 0 Å². The number of H-pyrrole nitrogens is 1. The van der Waals surface area contributed by atoms with E-state index >= 15 is 0 Å². The van der Waals surface area contributed by atoms with Crippen molar-refractivity contribution in [2.24, 2.45) is 0 Å². The van der Waals surface area contributed by atoms with Crippen LogP contribution in [0, 0.1) is 0 Å². The van der Waals surface area contributed by atoms with E-state index in [0.29, 0.717) is 0 Å². The minimum atomic E-state index is -0.420. The number of fused-ring (bicyclic) bond motifs is 15. The number of rotatable bonds is 6. The zero-order valence-electron chi connectivity index (χ0n) is 40.8. The Morgan fingerprint density at radius 1 is 0.384 bits per heavy atom. The molecule has 1 heterocycles. The van der Waals surface area contributed by atoms with Crippen LogP contribution in [0.4, 0.5) is 17.1 Å². The van der Waals surface area contributed by atoms with Gasteiger partial charge in [0.05, 0.1) is 5.41 Å². The number of aromatic nitrogens is 1. The lowest BCUT2D eigenvalue weighted by molar-refractivity contribution is 0.660. The molecule has 2 nitrogen and oxygen atoms in total. The van der Waals surface area contributed by atoms with Gasteiger partial charge in [-0.3, -0.25) is 0 Å². The Labute approximate surface area is 426 Å². The van der Waals surface area contributed by atoms with E-state index in [1.54, 1.807) is 0 Å². The van der Waals surface area contributed by atoms with Crippen molar-refractivity contribution in [2.75, 3.05) is 4.90 Å². The number of benzene rings is 10. The molecule has 1 spiro atoms. The van der Waals surface area contributed by atoms with Gasteiger partial charge in [0.1, 0.15) is 0 Å². The molecule has 0 saturated carbocycles. The summed E-state index contributed by atoms with van der Waals surface area (Å²) in [6.07, 6.45) is 8.22. The van der Waals surface area contributed by atoms with Crippen molar-refractivity contribution in [3.05, 3.63) is 293 Å². The molecule has 0 bridgehead atoms. The average Bonchev–Trinajstić information content (AvgIpc) is 4.06. The molecule has 0 unspecified atom stereocenters. The van der Waals surface area contributed by atoms with Crippen LogP contribution < -0.4 is 4.90 Å². The molecule has 11 aromatic rings. The van der Waals surface area contributed by atoms with E-state index in [0.717, 1.165) is 34.5 Å². The van der Waals surface area contributed by atoms with Crippen molar-refractivity contribution in [1.82, 2.24) is 4.98 Å². The lowest BCUT2D eigenvalue weighted by atomic mass is 9.69. The summed E-state index contributed by atoms with van der Waals surface area (Å²) in [4.78, 5) is 6.17. The summed E-state index contributed by atoms with van der Waals surface area (Å²) < 4.78 is 0. The minimum Gasteiger partial charge on any atom is -0.355 e. The summed E-state index contributed by atoms with van der Waals surface area (Å²) in [6, 6.07) is 86.1. The first kappa shape index (κ1) is 41.8. The topological polar surface area (TPSA) is 19.0 Å². The van der Waals surface area contributed by atoms with Gasteiger partial charge in [-0.1, -0.05) is 202 Å². The number of anilines is 3. The summed E-state index contributed by atoms with van der Waals surface area (Å²) in [5, 5.41) is 2.47.